The number of nitrogens with zero attached hydrogens (tertiary/aromatic N) is 2. The van der Waals surface area contributed by atoms with Gasteiger partial charge in [-0.15, -0.1) is 11.3 Å². The van der Waals surface area contributed by atoms with E-state index in [0.29, 0.717) is 23.7 Å². The first-order valence-corrected chi connectivity index (χ1v) is 7.63. The Morgan fingerprint density at radius 1 is 1.43 bits per heavy atom. The average Bonchev–Trinajstić information content (AvgIpc) is 2.74. The number of carboxylic acids is 1. The van der Waals surface area contributed by atoms with E-state index >= 15 is 0 Å². The van der Waals surface area contributed by atoms with Crippen LogP contribution >= 0.6 is 11.3 Å². The molecule has 0 unspecified atom stereocenters. The molecule has 0 bridgehead atoms. The number of aromatic nitrogens is 1. The predicted octanol–water partition coefficient (Wildman–Crippen LogP) is 2.17. The molecule has 1 heterocycles. The molecule has 0 aliphatic rings. The molecule has 1 N–H and O–H groups in total. The lowest BCUT2D eigenvalue weighted by Gasteiger charge is -2.23. The Hall–Kier alpha value is -1.47. The van der Waals surface area contributed by atoms with Gasteiger partial charge in [0.05, 0.1) is 18.7 Å². The van der Waals surface area contributed by atoms with Gasteiger partial charge in [-0.05, 0) is 12.8 Å². The molecule has 0 spiro atoms. The molecule has 118 valence electrons. The summed E-state index contributed by atoms with van der Waals surface area (Å²) in [7, 11) is 1.58. The first kappa shape index (κ1) is 17.6. The van der Waals surface area contributed by atoms with Crippen molar-refractivity contribution in [3.63, 3.8) is 0 Å². The van der Waals surface area contributed by atoms with Crippen LogP contribution in [0.1, 0.15) is 40.6 Å². The number of carbonyl (C=O) groups excluding carboxylic acids is 1. The molecule has 1 amide bonds. The molecule has 1 aromatic rings. The maximum atomic E-state index is 12.6. The van der Waals surface area contributed by atoms with Gasteiger partial charge in [-0.2, -0.15) is 0 Å². The zero-order chi connectivity index (χ0) is 16.0. The highest BCUT2D eigenvalue weighted by Gasteiger charge is 2.22. The highest BCUT2D eigenvalue weighted by Crippen LogP contribution is 2.21. The predicted molar refractivity (Wildman–Crippen MR) is 80.6 cm³/mol. The highest BCUT2D eigenvalue weighted by molar-refractivity contribution is 7.13. The molecule has 0 aromatic carbocycles. The van der Waals surface area contributed by atoms with E-state index in [1.54, 1.807) is 18.9 Å². The van der Waals surface area contributed by atoms with Crippen LogP contribution in [0.25, 0.3) is 0 Å². The molecule has 21 heavy (non-hydrogen) atoms. The molecule has 0 saturated carbocycles. The fourth-order valence-corrected chi connectivity index (χ4v) is 2.93. The molecule has 1 rings (SSSR count). The van der Waals surface area contributed by atoms with E-state index in [-0.39, 0.29) is 24.8 Å². The monoisotopic (exact) mass is 314 g/mol. The first-order valence-electron chi connectivity index (χ1n) is 6.81. The van der Waals surface area contributed by atoms with Crippen molar-refractivity contribution in [2.75, 3.05) is 20.2 Å². The number of amides is 1. The molecule has 0 radical (unpaired) electrons. The van der Waals surface area contributed by atoms with Gasteiger partial charge in [0.15, 0.2) is 0 Å². The maximum absolute atomic E-state index is 12.6. The fourth-order valence-electron chi connectivity index (χ4n) is 1.93. The molecule has 0 fully saturated rings. The van der Waals surface area contributed by atoms with Crippen LogP contribution in [0.15, 0.2) is 0 Å². The van der Waals surface area contributed by atoms with Gasteiger partial charge in [-0.3, -0.25) is 9.59 Å². The number of thiazole rings is 1. The lowest BCUT2D eigenvalue weighted by atomic mass is 10.2. The van der Waals surface area contributed by atoms with Gasteiger partial charge in [-0.1, -0.05) is 13.8 Å². The summed E-state index contributed by atoms with van der Waals surface area (Å²) >= 11 is 1.31. The lowest BCUT2D eigenvalue weighted by Crippen LogP contribution is -2.35. The van der Waals surface area contributed by atoms with Crippen molar-refractivity contribution in [1.29, 1.82) is 0 Å². The number of hydrogen-bond acceptors (Lipinski definition) is 5. The number of carboxylic acid groups (broad SMARTS) is 1. The minimum absolute atomic E-state index is 0.0543. The Bertz CT molecular complexity index is 499. The number of rotatable bonds is 8. The number of methoxy groups -OCH3 is 1. The van der Waals surface area contributed by atoms with Crippen molar-refractivity contribution in [1.82, 2.24) is 9.88 Å². The maximum Gasteiger partial charge on any atom is 0.305 e. The number of hydrogen-bond donors (Lipinski definition) is 1. The van der Waals surface area contributed by atoms with Crippen LogP contribution in [0.2, 0.25) is 0 Å². The SMILES string of the molecule is COCc1nc(C)c(C(=O)N(CCC(=O)O)CC(C)C)s1. The third kappa shape index (κ3) is 5.43. The number of ether oxygens (including phenoxy) is 1. The van der Waals surface area contributed by atoms with Crippen LogP contribution in [0.5, 0.6) is 0 Å². The molecule has 1 aromatic heterocycles. The van der Waals surface area contributed by atoms with Gasteiger partial charge < -0.3 is 14.7 Å². The zero-order valence-electron chi connectivity index (χ0n) is 12.9. The zero-order valence-corrected chi connectivity index (χ0v) is 13.7. The molecular formula is C14H22N2O4S. The first-order chi connectivity index (χ1) is 9.85. The third-order valence-corrected chi connectivity index (χ3v) is 3.89. The van der Waals surface area contributed by atoms with Crippen LogP contribution < -0.4 is 0 Å². The van der Waals surface area contributed by atoms with E-state index in [2.05, 4.69) is 4.98 Å². The van der Waals surface area contributed by atoms with E-state index in [4.69, 9.17) is 9.84 Å². The van der Waals surface area contributed by atoms with Crippen molar-refractivity contribution in [2.24, 2.45) is 5.92 Å². The van der Waals surface area contributed by atoms with Crippen molar-refractivity contribution in [3.05, 3.63) is 15.6 Å². The average molecular weight is 314 g/mol. The standard InChI is InChI=1S/C14H22N2O4S/c1-9(2)7-16(6-5-12(17)18)14(19)13-10(3)15-11(21-13)8-20-4/h9H,5-8H2,1-4H3,(H,17,18). The van der Waals surface area contributed by atoms with E-state index in [9.17, 15) is 9.59 Å². The van der Waals surface area contributed by atoms with Crippen LogP contribution in [-0.2, 0) is 16.1 Å². The molecular weight excluding hydrogens is 292 g/mol. The normalized spacial score (nSPS) is 10.9. The fraction of sp³-hybridized carbons (Fsp3) is 0.643. The third-order valence-electron chi connectivity index (χ3n) is 2.77. The van der Waals surface area contributed by atoms with Crippen LogP contribution in [-0.4, -0.2) is 47.1 Å². The van der Waals surface area contributed by atoms with E-state index < -0.39 is 5.97 Å². The van der Waals surface area contributed by atoms with Gasteiger partial charge in [-0.25, -0.2) is 4.98 Å². The number of carbonyl (C=O) groups is 2. The van der Waals surface area contributed by atoms with Crippen LogP contribution in [0.3, 0.4) is 0 Å². The highest BCUT2D eigenvalue weighted by atomic mass is 32.1. The molecule has 0 aliphatic heterocycles. The minimum Gasteiger partial charge on any atom is -0.481 e. The second kappa shape index (κ2) is 8.09. The molecule has 6 nitrogen and oxygen atoms in total. The second-order valence-electron chi connectivity index (χ2n) is 5.24. The van der Waals surface area contributed by atoms with E-state index in [1.165, 1.54) is 11.3 Å². The van der Waals surface area contributed by atoms with E-state index in [0.717, 1.165) is 5.01 Å². The second-order valence-corrected chi connectivity index (χ2v) is 6.33. The summed E-state index contributed by atoms with van der Waals surface area (Å²) in [6.07, 6.45) is -0.0543. The van der Waals surface area contributed by atoms with Crippen molar-refractivity contribution < 1.29 is 19.4 Å². The van der Waals surface area contributed by atoms with Gasteiger partial charge in [0.25, 0.3) is 5.91 Å². The summed E-state index contributed by atoms with van der Waals surface area (Å²) in [5.74, 6) is -0.783. The Kier molecular flexibility index (Phi) is 6.77. The summed E-state index contributed by atoms with van der Waals surface area (Å²) in [6, 6.07) is 0. The summed E-state index contributed by atoms with van der Waals surface area (Å²) in [5.41, 5.74) is 0.668. The lowest BCUT2D eigenvalue weighted by molar-refractivity contribution is -0.137. The van der Waals surface area contributed by atoms with E-state index in [1.807, 2.05) is 13.8 Å². The van der Waals surface area contributed by atoms with Gasteiger partial charge in [0, 0.05) is 20.2 Å². The Morgan fingerprint density at radius 3 is 2.62 bits per heavy atom. The number of aryl methyl sites for hydroxylation is 1. The van der Waals surface area contributed by atoms with Crippen molar-refractivity contribution in [3.8, 4) is 0 Å². The summed E-state index contributed by atoms with van der Waals surface area (Å²) < 4.78 is 5.03. The molecule has 0 atom stereocenters. The Balaban J connectivity index is 2.90. The Labute approximate surface area is 128 Å². The van der Waals surface area contributed by atoms with Gasteiger partial charge >= 0.3 is 5.97 Å². The topological polar surface area (TPSA) is 79.7 Å². The molecule has 7 heteroatoms. The smallest absolute Gasteiger partial charge is 0.305 e. The molecule has 0 saturated heterocycles. The molecule has 0 aliphatic carbocycles. The Morgan fingerprint density at radius 2 is 2.10 bits per heavy atom. The van der Waals surface area contributed by atoms with Crippen molar-refractivity contribution in [2.45, 2.75) is 33.8 Å². The largest absolute Gasteiger partial charge is 0.481 e. The number of aliphatic carboxylic acids is 1. The van der Waals surface area contributed by atoms with Crippen molar-refractivity contribution >= 4 is 23.2 Å². The summed E-state index contributed by atoms with van der Waals surface area (Å²) in [6.45, 7) is 6.89. The van der Waals surface area contributed by atoms with Crippen LogP contribution in [0.4, 0.5) is 0 Å². The summed E-state index contributed by atoms with van der Waals surface area (Å²) in [5, 5.41) is 9.56. The van der Waals surface area contributed by atoms with Gasteiger partial charge in [0.1, 0.15) is 9.88 Å². The van der Waals surface area contributed by atoms with Gasteiger partial charge in [0.2, 0.25) is 0 Å². The van der Waals surface area contributed by atoms with Crippen LogP contribution in [0, 0.1) is 12.8 Å². The minimum atomic E-state index is -0.905. The quantitative estimate of drug-likeness (QED) is 0.795. The summed E-state index contributed by atoms with van der Waals surface area (Å²) in [4.78, 5) is 29.8.